The van der Waals surface area contributed by atoms with Crippen LogP contribution in [0.4, 0.5) is 0 Å². The third kappa shape index (κ3) is 8.51. The minimum absolute atomic E-state index is 0.168. The van der Waals surface area contributed by atoms with Crippen LogP contribution in [-0.4, -0.2) is 34.9 Å². The summed E-state index contributed by atoms with van der Waals surface area (Å²) in [5, 5.41) is 3.86. The van der Waals surface area contributed by atoms with Gasteiger partial charge in [0.2, 0.25) is 5.91 Å². The number of hydrogen-bond acceptors (Lipinski definition) is 3. The second-order valence-electron chi connectivity index (χ2n) is 10.2. The summed E-state index contributed by atoms with van der Waals surface area (Å²) >= 11 is 12.4. The summed E-state index contributed by atoms with van der Waals surface area (Å²) in [5.41, 5.74) is 3.44. The summed E-state index contributed by atoms with van der Waals surface area (Å²) in [6.45, 7) is 9.72. The first-order chi connectivity index (χ1) is 17.4. The van der Waals surface area contributed by atoms with Gasteiger partial charge in [-0.1, -0.05) is 65.7 Å². The monoisotopic (exact) mass is 540 g/mol. The van der Waals surface area contributed by atoms with Crippen LogP contribution in [0.15, 0.2) is 66.7 Å². The number of nitrogens with one attached hydrogen (secondary N) is 1. The van der Waals surface area contributed by atoms with Crippen LogP contribution >= 0.6 is 23.2 Å². The Bertz CT molecular complexity index is 1240. The predicted molar refractivity (Wildman–Crippen MR) is 150 cm³/mol. The maximum atomic E-state index is 13.7. The summed E-state index contributed by atoms with van der Waals surface area (Å²) in [7, 11) is 0. The first kappa shape index (κ1) is 28.5. The van der Waals surface area contributed by atoms with Crippen molar-refractivity contribution in [3.63, 3.8) is 0 Å². The van der Waals surface area contributed by atoms with Crippen LogP contribution < -0.4 is 10.1 Å². The van der Waals surface area contributed by atoms with Crippen LogP contribution in [0.1, 0.15) is 43.0 Å². The quantitative estimate of drug-likeness (QED) is 0.335. The summed E-state index contributed by atoms with van der Waals surface area (Å²) in [6, 6.07) is 19.8. The normalized spacial score (nSPS) is 12.1. The van der Waals surface area contributed by atoms with E-state index in [1.54, 1.807) is 23.1 Å². The molecule has 0 aromatic heterocycles. The second-order valence-corrected chi connectivity index (χ2v) is 11.1. The molecule has 2 amide bonds. The molecule has 5 nitrogen and oxygen atoms in total. The number of amides is 2. The smallest absolute Gasteiger partial charge is 0.261 e. The molecule has 0 spiro atoms. The Morgan fingerprint density at radius 3 is 2.22 bits per heavy atom. The average Bonchev–Trinajstić information content (AvgIpc) is 2.83. The van der Waals surface area contributed by atoms with E-state index in [1.807, 2.05) is 83.1 Å². The Labute approximate surface area is 229 Å². The summed E-state index contributed by atoms with van der Waals surface area (Å²) in [5.74, 6) is 0.0509. The molecule has 196 valence electrons. The van der Waals surface area contributed by atoms with E-state index in [1.165, 1.54) is 0 Å². The molecular weight excluding hydrogens is 507 g/mol. The highest BCUT2D eigenvalue weighted by molar-refractivity contribution is 6.42. The fourth-order valence-corrected chi connectivity index (χ4v) is 4.19. The molecule has 3 aromatic carbocycles. The molecule has 0 saturated heterocycles. The van der Waals surface area contributed by atoms with Crippen LogP contribution in [0.25, 0.3) is 0 Å². The third-order valence-corrected chi connectivity index (χ3v) is 6.69. The van der Waals surface area contributed by atoms with E-state index in [-0.39, 0.29) is 25.0 Å². The number of rotatable bonds is 9. The molecule has 0 saturated carbocycles. The number of benzene rings is 3. The first-order valence-electron chi connectivity index (χ1n) is 12.2. The van der Waals surface area contributed by atoms with Crippen molar-refractivity contribution in [3.8, 4) is 5.75 Å². The molecule has 37 heavy (non-hydrogen) atoms. The lowest BCUT2D eigenvalue weighted by Crippen LogP contribution is -2.55. The molecule has 0 fully saturated rings. The van der Waals surface area contributed by atoms with Gasteiger partial charge in [-0.25, -0.2) is 0 Å². The average molecular weight is 542 g/mol. The standard InChI is InChI=1S/C30H34Cl2N2O3/c1-20-11-13-24(15-21(20)2)37-19-28(35)34(18-23-12-14-25(31)26(32)16-23)27(29(36)33-30(3,4)5)17-22-9-7-6-8-10-22/h6-16,27H,17-19H2,1-5H3,(H,33,36)/t27-/m0/s1. The van der Waals surface area contributed by atoms with E-state index in [0.717, 1.165) is 22.3 Å². The Balaban J connectivity index is 1.95. The van der Waals surface area contributed by atoms with Crippen LogP contribution in [0.3, 0.4) is 0 Å². The highest BCUT2D eigenvalue weighted by atomic mass is 35.5. The lowest BCUT2D eigenvalue weighted by atomic mass is 10.0. The number of ether oxygens (including phenoxy) is 1. The Hall–Kier alpha value is -3.02. The molecule has 0 unspecified atom stereocenters. The Kier molecular flexibility index (Phi) is 9.63. The van der Waals surface area contributed by atoms with E-state index < -0.39 is 11.6 Å². The van der Waals surface area contributed by atoms with Gasteiger partial charge in [0.05, 0.1) is 10.0 Å². The van der Waals surface area contributed by atoms with Gasteiger partial charge in [0.25, 0.3) is 5.91 Å². The highest BCUT2D eigenvalue weighted by Crippen LogP contribution is 2.25. The van der Waals surface area contributed by atoms with Gasteiger partial charge >= 0.3 is 0 Å². The molecule has 0 radical (unpaired) electrons. The molecular formula is C30H34Cl2N2O3. The number of halogens is 2. The zero-order valence-electron chi connectivity index (χ0n) is 22.0. The number of aryl methyl sites for hydroxylation is 2. The number of hydrogen-bond donors (Lipinski definition) is 1. The molecule has 0 heterocycles. The summed E-state index contributed by atoms with van der Waals surface area (Å²) in [6.07, 6.45) is 0.347. The van der Waals surface area contributed by atoms with E-state index in [0.29, 0.717) is 22.2 Å². The minimum atomic E-state index is -0.771. The molecule has 0 aliphatic rings. The topological polar surface area (TPSA) is 58.6 Å². The van der Waals surface area contributed by atoms with Crippen molar-refractivity contribution in [1.82, 2.24) is 10.2 Å². The number of carbonyl (C=O) groups excluding carboxylic acids is 2. The Morgan fingerprint density at radius 2 is 1.59 bits per heavy atom. The lowest BCUT2D eigenvalue weighted by molar-refractivity contribution is -0.143. The fraction of sp³-hybridized carbons (Fsp3) is 0.333. The molecule has 1 N–H and O–H groups in total. The van der Waals surface area contributed by atoms with Crippen LogP contribution in [0.2, 0.25) is 10.0 Å². The maximum Gasteiger partial charge on any atom is 0.261 e. The SMILES string of the molecule is Cc1ccc(OCC(=O)N(Cc2ccc(Cl)c(Cl)c2)[C@@H](Cc2ccccc2)C(=O)NC(C)(C)C)cc1C. The molecule has 3 aromatic rings. The van der Waals surface area contributed by atoms with Crippen LogP contribution in [0.5, 0.6) is 5.75 Å². The maximum absolute atomic E-state index is 13.7. The predicted octanol–water partition coefficient (Wildman–Crippen LogP) is 6.54. The van der Waals surface area contributed by atoms with Crippen molar-refractivity contribution in [1.29, 1.82) is 0 Å². The zero-order valence-corrected chi connectivity index (χ0v) is 23.5. The van der Waals surface area contributed by atoms with E-state index in [9.17, 15) is 9.59 Å². The summed E-state index contributed by atoms with van der Waals surface area (Å²) in [4.78, 5) is 28.8. The highest BCUT2D eigenvalue weighted by Gasteiger charge is 2.32. The number of carbonyl (C=O) groups is 2. The fourth-order valence-electron chi connectivity index (χ4n) is 3.87. The molecule has 1 atom stereocenters. The van der Waals surface area contributed by atoms with Gasteiger partial charge < -0.3 is 15.0 Å². The second kappa shape index (κ2) is 12.5. The van der Waals surface area contributed by atoms with Gasteiger partial charge in [-0.05, 0) is 81.1 Å². The molecule has 0 aliphatic heterocycles. The van der Waals surface area contributed by atoms with Crippen molar-refractivity contribution >= 4 is 35.0 Å². The van der Waals surface area contributed by atoms with Gasteiger partial charge in [0.15, 0.2) is 6.61 Å². The molecule has 0 aliphatic carbocycles. The van der Waals surface area contributed by atoms with Gasteiger partial charge in [-0.3, -0.25) is 9.59 Å². The molecule has 3 rings (SSSR count). The van der Waals surface area contributed by atoms with Crippen molar-refractivity contribution in [2.45, 2.75) is 59.2 Å². The van der Waals surface area contributed by atoms with E-state index >= 15 is 0 Å². The molecule has 7 heteroatoms. The largest absolute Gasteiger partial charge is 0.484 e. The minimum Gasteiger partial charge on any atom is -0.484 e. The lowest BCUT2D eigenvalue weighted by Gasteiger charge is -2.33. The Morgan fingerprint density at radius 1 is 0.892 bits per heavy atom. The van der Waals surface area contributed by atoms with Gasteiger partial charge in [-0.2, -0.15) is 0 Å². The van der Waals surface area contributed by atoms with Crippen LogP contribution in [-0.2, 0) is 22.6 Å². The van der Waals surface area contributed by atoms with Gasteiger partial charge in [-0.15, -0.1) is 0 Å². The van der Waals surface area contributed by atoms with Crippen molar-refractivity contribution < 1.29 is 14.3 Å². The van der Waals surface area contributed by atoms with E-state index in [2.05, 4.69) is 5.32 Å². The van der Waals surface area contributed by atoms with Crippen molar-refractivity contribution in [2.75, 3.05) is 6.61 Å². The molecule has 0 bridgehead atoms. The first-order valence-corrected chi connectivity index (χ1v) is 13.0. The van der Waals surface area contributed by atoms with Crippen molar-refractivity contribution in [2.24, 2.45) is 0 Å². The van der Waals surface area contributed by atoms with Crippen molar-refractivity contribution in [3.05, 3.63) is 99.0 Å². The zero-order chi connectivity index (χ0) is 27.2. The van der Waals surface area contributed by atoms with E-state index in [4.69, 9.17) is 27.9 Å². The van der Waals surface area contributed by atoms with Crippen LogP contribution in [0, 0.1) is 13.8 Å². The third-order valence-electron chi connectivity index (χ3n) is 5.95. The van der Waals surface area contributed by atoms with Gasteiger partial charge in [0, 0.05) is 18.5 Å². The number of nitrogens with zero attached hydrogens (tertiary/aromatic N) is 1. The van der Waals surface area contributed by atoms with Gasteiger partial charge in [0.1, 0.15) is 11.8 Å². The summed E-state index contributed by atoms with van der Waals surface area (Å²) < 4.78 is 5.88.